The van der Waals surface area contributed by atoms with Gasteiger partial charge in [0.25, 0.3) is 0 Å². The highest BCUT2D eigenvalue weighted by atomic mass is 16.4. The zero-order valence-corrected chi connectivity index (χ0v) is 10.1. The van der Waals surface area contributed by atoms with E-state index in [0.29, 0.717) is 6.42 Å². The quantitative estimate of drug-likeness (QED) is 0.681. The molecule has 1 heterocycles. The number of amides is 1. The van der Waals surface area contributed by atoms with Crippen LogP contribution in [0.3, 0.4) is 0 Å². The van der Waals surface area contributed by atoms with Crippen LogP contribution in [0, 0.1) is 5.41 Å². The average molecular weight is 227 g/mol. The molecule has 0 spiro atoms. The Kier molecular flexibility index (Phi) is 4.33. The fraction of sp³-hybridized carbons (Fsp3) is 0.833. The summed E-state index contributed by atoms with van der Waals surface area (Å²) < 4.78 is 0. The van der Waals surface area contributed by atoms with Gasteiger partial charge in [-0.3, -0.25) is 4.79 Å². The van der Waals surface area contributed by atoms with E-state index in [1.807, 2.05) is 6.92 Å². The third-order valence-electron chi connectivity index (χ3n) is 3.42. The summed E-state index contributed by atoms with van der Waals surface area (Å²) in [5, 5.41) is 11.6. The van der Waals surface area contributed by atoms with E-state index in [1.54, 1.807) is 0 Å². The molecule has 0 aromatic carbocycles. The van der Waals surface area contributed by atoms with E-state index in [2.05, 4.69) is 12.2 Å². The van der Waals surface area contributed by atoms with Crippen molar-refractivity contribution >= 4 is 11.9 Å². The molecular weight excluding hydrogens is 206 g/mol. The number of carboxylic acids is 1. The Labute approximate surface area is 96.4 Å². The number of aliphatic carboxylic acids is 1. The van der Waals surface area contributed by atoms with Gasteiger partial charge in [-0.2, -0.15) is 0 Å². The fourth-order valence-corrected chi connectivity index (χ4v) is 2.40. The molecule has 1 aliphatic rings. The van der Waals surface area contributed by atoms with Crippen molar-refractivity contribution in [1.29, 1.82) is 0 Å². The van der Waals surface area contributed by atoms with Crippen LogP contribution >= 0.6 is 0 Å². The monoisotopic (exact) mass is 227 g/mol. The smallest absolute Gasteiger partial charge is 0.326 e. The molecule has 0 aliphatic carbocycles. The van der Waals surface area contributed by atoms with Crippen molar-refractivity contribution in [3.8, 4) is 0 Å². The maximum atomic E-state index is 11.3. The molecule has 0 bridgehead atoms. The van der Waals surface area contributed by atoms with Crippen LogP contribution in [-0.4, -0.2) is 23.0 Å². The lowest BCUT2D eigenvalue weighted by Crippen LogP contribution is -2.42. The van der Waals surface area contributed by atoms with Crippen LogP contribution < -0.4 is 5.32 Å². The molecule has 2 unspecified atom stereocenters. The second kappa shape index (κ2) is 5.32. The predicted molar refractivity (Wildman–Crippen MR) is 61.0 cm³/mol. The number of hydrogen-bond donors (Lipinski definition) is 2. The number of hydrogen-bond acceptors (Lipinski definition) is 2. The van der Waals surface area contributed by atoms with Crippen LogP contribution in [0.5, 0.6) is 0 Å². The highest BCUT2D eigenvalue weighted by Crippen LogP contribution is 2.37. The third-order valence-corrected chi connectivity index (χ3v) is 3.42. The Morgan fingerprint density at radius 2 is 2.19 bits per heavy atom. The molecule has 1 saturated heterocycles. The summed E-state index contributed by atoms with van der Waals surface area (Å²) in [5.74, 6) is -1.05. The van der Waals surface area contributed by atoms with Gasteiger partial charge >= 0.3 is 5.97 Å². The molecular formula is C12H21NO3. The summed E-state index contributed by atoms with van der Waals surface area (Å²) >= 11 is 0. The minimum absolute atomic E-state index is 0.134. The molecule has 1 aliphatic heterocycles. The van der Waals surface area contributed by atoms with Crippen LogP contribution in [0.1, 0.15) is 52.4 Å². The van der Waals surface area contributed by atoms with Crippen molar-refractivity contribution in [2.75, 3.05) is 0 Å². The molecule has 92 valence electrons. The Hall–Kier alpha value is -1.06. The van der Waals surface area contributed by atoms with Crippen LogP contribution in [0.15, 0.2) is 0 Å². The van der Waals surface area contributed by atoms with Gasteiger partial charge < -0.3 is 10.4 Å². The maximum Gasteiger partial charge on any atom is 0.326 e. The number of rotatable bonds is 6. The second-order valence-electron chi connectivity index (χ2n) is 4.98. The minimum Gasteiger partial charge on any atom is -0.480 e. The Balaban J connectivity index is 2.52. The van der Waals surface area contributed by atoms with E-state index < -0.39 is 17.4 Å². The summed E-state index contributed by atoms with van der Waals surface area (Å²) in [6.45, 7) is 4.04. The molecule has 4 heteroatoms. The first-order chi connectivity index (χ1) is 7.49. The van der Waals surface area contributed by atoms with Gasteiger partial charge in [0, 0.05) is 11.8 Å². The maximum absolute atomic E-state index is 11.3. The molecule has 0 aromatic heterocycles. The molecule has 4 nitrogen and oxygen atoms in total. The highest BCUT2D eigenvalue weighted by molar-refractivity contribution is 5.89. The highest BCUT2D eigenvalue weighted by Gasteiger charge is 2.46. The molecule has 0 aromatic rings. The zero-order valence-electron chi connectivity index (χ0n) is 10.1. The molecule has 0 radical (unpaired) electrons. The first-order valence-corrected chi connectivity index (χ1v) is 6.02. The van der Waals surface area contributed by atoms with Crippen molar-refractivity contribution in [3.05, 3.63) is 0 Å². The van der Waals surface area contributed by atoms with Crippen molar-refractivity contribution in [2.45, 2.75) is 58.4 Å². The SMILES string of the molecule is CCCCCCC1(C)CC(=O)NC1C(=O)O. The van der Waals surface area contributed by atoms with Gasteiger partial charge in [-0.05, 0) is 6.42 Å². The lowest BCUT2D eigenvalue weighted by Gasteiger charge is -2.27. The summed E-state index contributed by atoms with van der Waals surface area (Å²) in [4.78, 5) is 22.3. The number of carbonyl (C=O) groups excluding carboxylic acids is 1. The van der Waals surface area contributed by atoms with Crippen LogP contribution in [0.2, 0.25) is 0 Å². The van der Waals surface area contributed by atoms with Gasteiger partial charge in [0.2, 0.25) is 5.91 Å². The number of carboxylic acid groups (broad SMARTS) is 1. The van der Waals surface area contributed by atoms with Gasteiger partial charge in [0.15, 0.2) is 0 Å². The van der Waals surface area contributed by atoms with E-state index in [4.69, 9.17) is 5.11 Å². The lowest BCUT2D eigenvalue weighted by atomic mass is 9.78. The van der Waals surface area contributed by atoms with Crippen molar-refractivity contribution in [3.63, 3.8) is 0 Å². The van der Waals surface area contributed by atoms with Crippen molar-refractivity contribution in [1.82, 2.24) is 5.32 Å². The predicted octanol–water partition coefficient (Wildman–Crippen LogP) is 1.94. The largest absolute Gasteiger partial charge is 0.480 e. The van der Waals surface area contributed by atoms with Crippen LogP contribution in [-0.2, 0) is 9.59 Å². The lowest BCUT2D eigenvalue weighted by molar-refractivity contribution is -0.142. The van der Waals surface area contributed by atoms with Gasteiger partial charge in [-0.15, -0.1) is 0 Å². The zero-order chi connectivity index (χ0) is 12.2. The molecule has 2 atom stereocenters. The van der Waals surface area contributed by atoms with Gasteiger partial charge in [0.05, 0.1) is 0 Å². The van der Waals surface area contributed by atoms with Gasteiger partial charge in [-0.1, -0.05) is 39.5 Å². The second-order valence-corrected chi connectivity index (χ2v) is 4.98. The van der Waals surface area contributed by atoms with Gasteiger partial charge in [-0.25, -0.2) is 4.79 Å². The Morgan fingerprint density at radius 1 is 1.50 bits per heavy atom. The van der Waals surface area contributed by atoms with E-state index >= 15 is 0 Å². The molecule has 0 saturated carbocycles. The van der Waals surface area contributed by atoms with E-state index in [0.717, 1.165) is 25.7 Å². The average Bonchev–Trinajstić information content (AvgIpc) is 2.50. The number of unbranched alkanes of at least 4 members (excludes halogenated alkanes) is 3. The van der Waals surface area contributed by atoms with Crippen LogP contribution in [0.4, 0.5) is 0 Å². The van der Waals surface area contributed by atoms with Crippen molar-refractivity contribution in [2.24, 2.45) is 5.41 Å². The van der Waals surface area contributed by atoms with E-state index in [1.165, 1.54) is 6.42 Å². The first-order valence-electron chi connectivity index (χ1n) is 6.02. The molecule has 2 N–H and O–H groups in total. The molecule has 1 rings (SSSR count). The normalized spacial score (nSPS) is 29.1. The Morgan fingerprint density at radius 3 is 2.75 bits per heavy atom. The minimum atomic E-state index is -0.913. The van der Waals surface area contributed by atoms with Crippen molar-refractivity contribution < 1.29 is 14.7 Å². The summed E-state index contributed by atoms with van der Waals surface area (Å²) in [5.41, 5.74) is -0.406. The summed E-state index contributed by atoms with van der Waals surface area (Å²) in [6, 6.07) is -0.707. The van der Waals surface area contributed by atoms with E-state index in [9.17, 15) is 9.59 Å². The van der Waals surface area contributed by atoms with Crippen LogP contribution in [0.25, 0.3) is 0 Å². The topological polar surface area (TPSA) is 66.4 Å². The van der Waals surface area contributed by atoms with E-state index in [-0.39, 0.29) is 5.91 Å². The molecule has 1 fully saturated rings. The number of carbonyl (C=O) groups is 2. The number of nitrogens with one attached hydrogen (secondary N) is 1. The standard InChI is InChI=1S/C12H21NO3/c1-3-4-5-6-7-12(2)8-9(14)13-10(12)11(15)16/h10H,3-8H2,1-2H3,(H,13,14)(H,15,16). The first kappa shape index (κ1) is 13.0. The summed E-state index contributed by atoms with van der Waals surface area (Å²) in [7, 11) is 0. The molecule has 16 heavy (non-hydrogen) atoms. The fourth-order valence-electron chi connectivity index (χ4n) is 2.40. The third kappa shape index (κ3) is 2.97. The Bertz CT molecular complexity index is 277. The van der Waals surface area contributed by atoms with Gasteiger partial charge in [0.1, 0.15) is 6.04 Å². The molecule has 1 amide bonds. The summed E-state index contributed by atoms with van der Waals surface area (Å²) in [6.07, 6.45) is 5.61.